The summed E-state index contributed by atoms with van der Waals surface area (Å²) in [4.78, 5) is 21.0. The quantitative estimate of drug-likeness (QED) is 0.665. The minimum absolute atomic E-state index is 0.0526. The van der Waals surface area contributed by atoms with Gasteiger partial charge >= 0.3 is 5.97 Å². The minimum atomic E-state index is -0.996. The van der Waals surface area contributed by atoms with Crippen LogP contribution in [0.2, 0.25) is 0 Å². The number of nitro benzene ring substituents is 1. The second kappa shape index (κ2) is 5.52. The summed E-state index contributed by atoms with van der Waals surface area (Å²) in [5, 5.41) is 23.6. The second-order valence-corrected chi connectivity index (χ2v) is 4.37. The lowest BCUT2D eigenvalue weighted by Crippen LogP contribution is -2.02. The molecule has 0 unspecified atom stereocenters. The van der Waals surface area contributed by atoms with Crippen LogP contribution in [-0.2, 0) is 13.0 Å². The third kappa shape index (κ3) is 3.00. The molecule has 0 saturated heterocycles. The van der Waals surface area contributed by atoms with Crippen molar-refractivity contribution in [3.63, 3.8) is 0 Å². The maximum Gasteiger partial charge on any atom is 0.339 e. The third-order valence-electron chi connectivity index (χ3n) is 2.95. The molecule has 7 nitrogen and oxygen atoms in total. The summed E-state index contributed by atoms with van der Waals surface area (Å²) in [6.07, 6.45) is 2.11. The van der Waals surface area contributed by atoms with Gasteiger partial charge in [0.2, 0.25) is 0 Å². The van der Waals surface area contributed by atoms with Crippen molar-refractivity contribution in [3.05, 3.63) is 57.4 Å². The van der Waals surface area contributed by atoms with Crippen molar-refractivity contribution in [1.82, 2.24) is 9.78 Å². The normalized spacial score (nSPS) is 10.4. The number of rotatable bonds is 5. The number of hydrogen-bond acceptors (Lipinski definition) is 4. The molecule has 1 heterocycles. The van der Waals surface area contributed by atoms with E-state index in [1.165, 1.54) is 18.3 Å². The van der Waals surface area contributed by atoms with Crippen LogP contribution in [0.5, 0.6) is 0 Å². The van der Waals surface area contributed by atoms with Crippen LogP contribution in [0.25, 0.3) is 0 Å². The monoisotopic (exact) mass is 275 g/mol. The van der Waals surface area contributed by atoms with Crippen LogP contribution < -0.4 is 0 Å². The van der Waals surface area contributed by atoms with Crippen LogP contribution in [0.1, 0.15) is 21.6 Å². The van der Waals surface area contributed by atoms with Gasteiger partial charge in [-0.3, -0.25) is 14.8 Å². The van der Waals surface area contributed by atoms with Gasteiger partial charge in [-0.2, -0.15) is 5.10 Å². The zero-order valence-electron chi connectivity index (χ0n) is 10.8. The maximum atomic E-state index is 10.9. The summed E-state index contributed by atoms with van der Waals surface area (Å²) >= 11 is 0. The van der Waals surface area contributed by atoms with E-state index in [1.54, 1.807) is 23.7 Å². The summed E-state index contributed by atoms with van der Waals surface area (Å²) in [7, 11) is 0. The van der Waals surface area contributed by atoms with Crippen molar-refractivity contribution >= 4 is 11.7 Å². The highest BCUT2D eigenvalue weighted by molar-refractivity contribution is 5.88. The fourth-order valence-corrected chi connectivity index (χ4v) is 1.87. The third-order valence-corrected chi connectivity index (χ3v) is 2.95. The molecular weight excluding hydrogens is 262 g/mol. The molecule has 0 amide bonds. The van der Waals surface area contributed by atoms with E-state index < -0.39 is 10.9 Å². The first-order valence-electron chi connectivity index (χ1n) is 5.98. The minimum Gasteiger partial charge on any atom is -0.478 e. The van der Waals surface area contributed by atoms with Gasteiger partial charge in [0.05, 0.1) is 10.6 Å². The molecule has 2 rings (SSSR count). The van der Waals surface area contributed by atoms with E-state index >= 15 is 0 Å². The molecule has 0 aliphatic heterocycles. The summed E-state index contributed by atoms with van der Waals surface area (Å²) < 4.78 is 1.57. The Morgan fingerprint density at radius 1 is 1.40 bits per heavy atom. The highest BCUT2D eigenvalue weighted by Gasteiger charge is 2.11. The molecule has 0 saturated carbocycles. The first-order valence-corrected chi connectivity index (χ1v) is 5.98. The van der Waals surface area contributed by atoms with Gasteiger partial charge in [0, 0.05) is 24.9 Å². The molecule has 20 heavy (non-hydrogen) atoms. The molecule has 1 N–H and O–H groups in total. The predicted octanol–water partition coefficient (Wildman–Crippen LogP) is 2.04. The number of aryl methyl sites for hydroxylation is 3. The number of benzene rings is 1. The molecule has 7 heteroatoms. The van der Waals surface area contributed by atoms with Gasteiger partial charge in [-0.25, -0.2) is 4.79 Å². The number of non-ortho nitro benzene ring substituents is 1. The number of carboxylic acid groups (broad SMARTS) is 1. The van der Waals surface area contributed by atoms with E-state index in [0.29, 0.717) is 18.7 Å². The Bertz CT molecular complexity index is 646. The van der Waals surface area contributed by atoms with Gasteiger partial charge in [0.25, 0.3) is 5.69 Å². The lowest BCUT2D eigenvalue weighted by atomic mass is 10.1. The summed E-state index contributed by atoms with van der Waals surface area (Å²) in [5.74, 6) is -0.996. The average Bonchev–Trinajstić information content (AvgIpc) is 2.78. The molecule has 0 aliphatic carbocycles. The molecule has 0 spiro atoms. The smallest absolute Gasteiger partial charge is 0.339 e. The Morgan fingerprint density at radius 2 is 2.05 bits per heavy atom. The van der Waals surface area contributed by atoms with Gasteiger partial charge in [-0.15, -0.1) is 0 Å². The second-order valence-electron chi connectivity index (χ2n) is 4.37. The molecular formula is C13H13N3O4. The van der Waals surface area contributed by atoms with E-state index in [2.05, 4.69) is 5.10 Å². The van der Waals surface area contributed by atoms with E-state index in [4.69, 9.17) is 5.11 Å². The molecule has 0 atom stereocenters. The van der Waals surface area contributed by atoms with Crippen LogP contribution in [-0.4, -0.2) is 25.8 Å². The Hall–Kier alpha value is -2.70. The standard InChI is InChI=1S/C13H13N3O4/c1-9-12(13(17)18)8-15(14-9)7-6-10-2-4-11(5-3-10)16(19)20/h2-5,8H,6-7H2,1H3,(H,17,18). The van der Waals surface area contributed by atoms with Gasteiger partial charge in [0.1, 0.15) is 5.56 Å². The molecule has 2 aromatic rings. The molecule has 0 fully saturated rings. The van der Waals surface area contributed by atoms with Crippen LogP contribution in [0.3, 0.4) is 0 Å². The predicted molar refractivity (Wildman–Crippen MR) is 70.7 cm³/mol. The number of nitrogens with zero attached hydrogens (tertiary/aromatic N) is 3. The Morgan fingerprint density at radius 3 is 2.55 bits per heavy atom. The average molecular weight is 275 g/mol. The largest absolute Gasteiger partial charge is 0.478 e. The van der Waals surface area contributed by atoms with E-state index in [0.717, 1.165) is 5.56 Å². The number of aromatic nitrogens is 2. The van der Waals surface area contributed by atoms with Crippen molar-refractivity contribution in [3.8, 4) is 0 Å². The Labute approximate surface area is 114 Å². The fourth-order valence-electron chi connectivity index (χ4n) is 1.87. The van der Waals surface area contributed by atoms with Crippen molar-refractivity contribution < 1.29 is 14.8 Å². The number of nitro groups is 1. The van der Waals surface area contributed by atoms with Crippen LogP contribution in [0.4, 0.5) is 5.69 Å². The summed E-state index contributed by atoms with van der Waals surface area (Å²) in [5.41, 5.74) is 1.65. The molecule has 1 aromatic heterocycles. The highest BCUT2D eigenvalue weighted by atomic mass is 16.6. The number of hydrogen-bond donors (Lipinski definition) is 1. The van der Waals surface area contributed by atoms with Crippen molar-refractivity contribution in [1.29, 1.82) is 0 Å². The lowest BCUT2D eigenvalue weighted by Gasteiger charge is -2.01. The first kappa shape index (κ1) is 13.7. The van der Waals surface area contributed by atoms with E-state index in [-0.39, 0.29) is 11.3 Å². The topological polar surface area (TPSA) is 98.3 Å². The van der Waals surface area contributed by atoms with Crippen molar-refractivity contribution in [2.75, 3.05) is 0 Å². The van der Waals surface area contributed by atoms with Gasteiger partial charge in [0.15, 0.2) is 0 Å². The molecule has 0 aliphatic rings. The van der Waals surface area contributed by atoms with Gasteiger partial charge in [-0.1, -0.05) is 12.1 Å². The fraction of sp³-hybridized carbons (Fsp3) is 0.231. The maximum absolute atomic E-state index is 10.9. The highest BCUT2D eigenvalue weighted by Crippen LogP contribution is 2.13. The van der Waals surface area contributed by atoms with E-state index in [9.17, 15) is 14.9 Å². The number of aromatic carboxylic acids is 1. The summed E-state index contributed by atoms with van der Waals surface area (Å²) in [6, 6.07) is 6.28. The van der Waals surface area contributed by atoms with Crippen LogP contribution >= 0.6 is 0 Å². The van der Waals surface area contributed by atoms with Crippen molar-refractivity contribution in [2.45, 2.75) is 19.9 Å². The zero-order valence-corrected chi connectivity index (χ0v) is 10.8. The van der Waals surface area contributed by atoms with Crippen LogP contribution in [0.15, 0.2) is 30.5 Å². The number of carboxylic acids is 1. The Balaban J connectivity index is 2.03. The summed E-state index contributed by atoms with van der Waals surface area (Å²) in [6.45, 7) is 2.16. The molecule has 1 aromatic carbocycles. The van der Waals surface area contributed by atoms with Gasteiger partial charge < -0.3 is 5.11 Å². The number of carbonyl (C=O) groups is 1. The van der Waals surface area contributed by atoms with Gasteiger partial charge in [-0.05, 0) is 18.9 Å². The lowest BCUT2D eigenvalue weighted by molar-refractivity contribution is -0.384. The molecule has 104 valence electrons. The van der Waals surface area contributed by atoms with Crippen LogP contribution in [0, 0.1) is 17.0 Å². The molecule has 0 bridgehead atoms. The zero-order chi connectivity index (χ0) is 14.7. The van der Waals surface area contributed by atoms with Crippen molar-refractivity contribution in [2.24, 2.45) is 0 Å². The SMILES string of the molecule is Cc1nn(CCc2ccc([N+](=O)[O-])cc2)cc1C(=O)O. The first-order chi connectivity index (χ1) is 9.47. The Kier molecular flexibility index (Phi) is 3.79. The molecule has 0 radical (unpaired) electrons. The van der Waals surface area contributed by atoms with E-state index in [1.807, 2.05) is 0 Å².